The number of ketones is 2. The van der Waals surface area contributed by atoms with Crippen molar-refractivity contribution >= 4 is 23.5 Å². The Balaban J connectivity index is 1.55. The Bertz CT molecular complexity index is 1380. The standard InChI is InChI=1S/C33H41NO6/c1-27(2)8-11-31(25(37)39-6)12-9-29(4)23(20(31)16-27)21(35)14-22-28(29,3)10-13-32-18-33(32,26(38)40-7)24(36)19(17-34)15-30(22,32)5/h14-15,20,23H,8-13,16,18H2,1-7H3/t20?,23?,28-,29-,30-,31+,32+,33-/m1/s1. The maximum absolute atomic E-state index is 14.5. The van der Waals surface area contributed by atoms with Crippen molar-refractivity contribution in [1.29, 1.82) is 5.26 Å². The third kappa shape index (κ3) is 2.72. The Morgan fingerprint density at radius 1 is 0.925 bits per heavy atom. The minimum absolute atomic E-state index is 0.0104. The first-order valence-corrected chi connectivity index (χ1v) is 14.7. The number of fused-ring (bicyclic) bond motifs is 6. The summed E-state index contributed by atoms with van der Waals surface area (Å²) in [5.41, 5.74) is -3.49. The number of rotatable bonds is 2. The maximum atomic E-state index is 14.5. The number of carbonyl (C=O) groups is 4. The molecule has 0 saturated heterocycles. The highest BCUT2D eigenvalue weighted by atomic mass is 16.5. The lowest BCUT2D eigenvalue weighted by Gasteiger charge is -2.68. The Labute approximate surface area is 236 Å². The molecular formula is C33H41NO6. The van der Waals surface area contributed by atoms with Crippen LogP contribution in [-0.4, -0.2) is 37.7 Å². The fraction of sp³-hybridized carbons (Fsp3) is 0.727. The van der Waals surface area contributed by atoms with Crippen LogP contribution in [0.3, 0.4) is 0 Å². The van der Waals surface area contributed by atoms with Gasteiger partial charge in [0.1, 0.15) is 11.5 Å². The van der Waals surface area contributed by atoms with Gasteiger partial charge in [-0.05, 0) is 85.2 Å². The summed E-state index contributed by atoms with van der Waals surface area (Å²) in [4.78, 5) is 54.7. The fourth-order valence-electron chi connectivity index (χ4n) is 11.0. The van der Waals surface area contributed by atoms with Gasteiger partial charge in [0.25, 0.3) is 0 Å². The third-order valence-corrected chi connectivity index (χ3v) is 13.5. The molecule has 8 atom stereocenters. The van der Waals surface area contributed by atoms with E-state index >= 15 is 0 Å². The molecule has 0 aromatic rings. The largest absolute Gasteiger partial charge is 0.469 e. The zero-order valence-corrected chi connectivity index (χ0v) is 24.9. The summed E-state index contributed by atoms with van der Waals surface area (Å²) in [5, 5.41) is 9.98. The van der Waals surface area contributed by atoms with Crippen molar-refractivity contribution in [3.8, 4) is 6.07 Å². The number of nitrogens with zero attached hydrogens (tertiary/aromatic N) is 1. The predicted octanol–water partition coefficient (Wildman–Crippen LogP) is 5.29. The number of Topliss-reactive ketones (excluding diaryl/α,β-unsaturated/α-hetero) is 1. The SMILES string of the molecule is COC(=O)[C@]12CCC(C)(C)CC1C1C(=O)C=C3[C@@]4(C)C=C(C#N)C(=O)[C@@]5(C(=O)OC)C[C@]54CC[C@@]3(C)[C@]1(C)CC2. The number of nitriles is 1. The highest BCUT2D eigenvalue weighted by Gasteiger charge is 2.86. The average molecular weight is 548 g/mol. The Hall–Kier alpha value is -2.75. The van der Waals surface area contributed by atoms with Crippen LogP contribution in [0.25, 0.3) is 0 Å². The van der Waals surface area contributed by atoms with Crippen molar-refractivity contribution in [2.24, 2.45) is 49.7 Å². The van der Waals surface area contributed by atoms with E-state index in [-0.39, 0.29) is 34.6 Å². The molecule has 4 fully saturated rings. The van der Waals surface area contributed by atoms with E-state index in [0.29, 0.717) is 25.7 Å². The van der Waals surface area contributed by atoms with E-state index in [0.717, 1.165) is 31.3 Å². The molecule has 0 heterocycles. The molecule has 7 heteroatoms. The highest BCUT2D eigenvalue weighted by Crippen LogP contribution is 2.85. The number of esters is 2. The first-order valence-electron chi connectivity index (χ1n) is 14.7. The zero-order valence-electron chi connectivity index (χ0n) is 24.9. The van der Waals surface area contributed by atoms with Crippen LogP contribution in [-0.2, 0) is 28.7 Å². The van der Waals surface area contributed by atoms with Gasteiger partial charge >= 0.3 is 11.9 Å². The predicted molar refractivity (Wildman–Crippen MR) is 145 cm³/mol. The monoisotopic (exact) mass is 547 g/mol. The lowest BCUT2D eigenvalue weighted by Crippen LogP contribution is -2.65. The molecule has 0 aliphatic heterocycles. The van der Waals surface area contributed by atoms with Gasteiger partial charge in [0, 0.05) is 16.7 Å². The number of ether oxygens (including phenoxy) is 2. The topological polar surface area (TPSA) is 111 Å². The zero-order chi connectivity index (χ0) is 29.3. The fourth-order valence-corrected chi connectivity index (χ4v) is 11.0. The van der Waals surface area contributed by atoms with Crippen LogP contribution in [0.2, 0.25) is 0 Å². The van der Waals surface area contributed by atoms with Crippen LogP contribution in [0.5, 0.6) is 0 Å². The minimum atomic E-state index is -1.38. The molecule has 6 rings (SSSR count). The van der Waals surface area contributed by atoms with Gasteiger partial charge in [-0.1, -0.05) is 40.7 Å². The van der Waals surface area contributed by atoms with E-state index in [2.05, 4.69) is 33.8 Å². The molecule has 214 valence electrons. The van der Waals surface area contributed by atoms with Gasteiger partial charge < -0.3 is 9.47 Å². The molecule has 1 spiro atoms. The molecule has 0 N–H and O–H groups in total. The summed E-state index contributed by atoms with van der Waals surface area (Å²) in [6, 6.07) is 2.06. The normalized spacial score (nSPS) is 48.0. The van der Waals surface area contributed by atoms with Gasteiger partial charge in [0.05, 0.1) is 25.2 Å². The van der Waals surface area contributed by atoms with Crippen LogP contribution in [0.1, 0.15) is 86.0 Å². The third-order valence-electron chi connectivity index (χ3n) is 13.5. The summed E-state index contributed by atoms with van der Waals surface area (Å²) in [5.74, 6) is -1.64. The molecule has 0 aromatic carbocycles. The molecule has 0 aromatic heterocycles. The average Bonchev–Trinajstić information content (AvgIpc) is 3.62. The number of methoxy groups -OCH3 is 2. The lowest BCUT2D eigenvalue weighted by molar-refractivity contribution is -0.190. The second-order valence-corrected chi connectivity index (χ2v) is 15.2. The molecule has 0 amide bonds. The summed E-state index contributed by atoms with van der Waals surface area (Å²) >= 11 is 0. The van der Waals surface area contributed by atoms with E-state index in [4.69, 9.17) is 9.47 Å². The number of allylic oxidation sites excluding steroid dienone is 4. The van der Waals surface area contributed by atoms with Gasteiger partial charge in [-0.3, -0.25) is 19.2 Å². The van der Waals surface area contributed by atoms with Gasteiger partial charge in [-0.25, -0.2) is 0 Å². The summed E-state index contributed by atoms with van der Waals surface area (Å²) in [6.07, 6.45) is 9.04. The Kier molecular flexibility index (Phi) is 5.31. The summed E-state index contributed by atoms with van der Waals surface area (Å²) < 4.78 is 10.6. The second kappa shape index (κ2) is 7.75. The van der Waals surface area contributed by atoms with Crippen LogP contribution in [0.15, 0.2) is 23.3 Å². The molecule has 4 saturated carbocycles. The molecule has 6 aliphatic rings. The maximum Gasteiger partial charge on any atom is 0.320 e. The quantitative estimate of drug-likeness (QED) is 0.341. The Morgan fingerprint density at radius 3 is 2.20 bits per heavy atom. The van der Waals surface area contributed by atoms with Crippen molar-refractivity contribution in [2.75, 3.05) is 14.2 Å². The van der Waals surface area contributed by atoms with Crippen molar-refractivity contribution in [1.82, 2.24) is 0 Å². The van der Waals surface area contributed by atoms with Gasteiger partial charge in [-0.15, -0.1) is 0 Å². The first-order chi connectivity index (χ1) is 18.6. The number of hydrogen-bond acceptors (Lipinski definition) is 7. The molecule has 2 unspecified atom stereocenters. The number of hydrogen-bond donors (Lipinski definition) is 0. The minimum Gasteiger partial charge on any atom is -0.469 e. The molecule has 6 aliphatic carbocycles. The van der Waals surface area contributed by atoms with E-state index in [9.17, 15) is 24.4 Å². The van der Waals surface area contributed by atoms with Crippen LogP contribution < -0.4 is 0 Å². The van der Waals surface area contributed by atoms with Crippen LogP contribution >= 0.6 is 0 Å². The van der Waals surface area contributed by atoms with Gasteiger partial charge in [-0.2, -0.15) is 5.26 Å². The van der Waals surface area contributed by atoms with Crippen LogP contribution in [0.4, 0.5) is 0 Å². The summed E-state index contributed by atoms with van der Waals surface area (Å²) in [7, 11) is 2.75. The molecule has 0 bridgehead atoms. The van der Waals surface area contributed by atoms with E-state index in [1.54, 1.807) is 12.2 Å². The van der Waals surface area contributed by atoms with Crippen molar-refractivity contribution in [3.63, 3.8) is 0 Å². The van der Waals surface area contributed by atoms with Crippen molar-refractivity contribution in [3.05, 3.63) is 23.3 Å². The van der Waals surface area contributed by atoms with E-state index in [1.165, 1.54) is 14.2 Å². The number of carbonyl (C=O) groups excluding carboxylic acids is 4. The van der Waals surface area contributed by atoms with Crippen molar-refractivity contribution in [2.45, 2.75) is 86.0 Å². The van der Waals surface area contributed by atoms with Crippen molar-refractivity contribution < 1.29 is 28.7 Å². The van der Waals surface area contributed by atoms with Crippen LogP contribution in [0, 0.1) is 61.1 Å². The van der Waals surface area contributed by atoms with E-state index in [1.807, 2.05) is 6.92 Å². The highest BCUT2D eigenvalue weighted by molar-refractivity contribution is 6.19. The first kappa shape index (κ1) is 27.4. The molecule has 7 nitrogen and oxygen atoms in total. The summed E-state index contributed by atoms with van der Waals surface area (Å²) in [6.45, 7) is 11.0. The lowest BCUT2D eigenvalue weighted by atomic mass is 9.34. The van der Waals surface area contributed by atoms with E-state index < -0.39 is 44.2 Å². The Morgan fingerprint density at radius 2 is 1.57 bits per heavy atom. The molecule has 0 radical (unpaired) electrons. The second-order valence-electron chi connectivity index (χ2n) is 15.2. The van der Waals surface area contributed by atoms with Gasteiger partial charge in [0.2, 0.25) is 0 Å². The smallest absolute Gasteiger partial charge is 0.320 e. The molecular weight excluding hydrogens is 506 g/mol. The van der Waals surface area contributed by atoms with Gasteiger partial charge in [0.15, 0.2) is 11.6 Å². The molecule has 40 heavy (non-hydrogen) atoms.